The maximum Gasteiger partial charge on any atom is 0 e. The fourth-order valence-corrected chi connectivity index (χ4v) is 2.82. The summed E-state index contributed by atoms with van der Waals surface area (Å²) in [6, 6.07) is 54.3. The summed E-state index contributed by atoms with van der Waals surface area (Å²) in [4.78, 5) is 0. The van der Waals surface area contributed by atoms with Crippen LogP contribution in [-0.2, 0) is 25.8 Å². The van der Waals surface area contributed by atoms with Crippen LogP contribution in [0, 0.1) is 19.6 Å². The second kappa shape index (κ2) is 21.1. The zero-order valence-corrected chi connectivity index (χ0v) is 24.4. The molecular weight excluding hydrogens is 622 g/mol. The Labute approximate surface area is 236 Å². The van der Waals surface area contributed by atoms with Gasteiger partial charge in [-0.1, -0.05) is 12.1 Å². The van der Waals surface area contributed by atoms with E-state index in [-0.39, 0.29) is 58.1 Å². The van der Waals surface area contributed by atoms with Crippen molar-refractivity contribution in [2.75, 3.05) is 0 Å². The molecule has 0 aliphatic carbocycles. The Hall–Kier alpha value is -2.45. The van der Waals surface area contributed by atoms with Gasteiger partial charge in [0.15, 0.2) is 0 Å². The predicted molar refractivity (Wildman–Crippen MR) is 151 cm³/mol. The molecule has 0 N–H and O–H groups in total. The smallest absolute Gasteiger partial charge is 0 e. The molecule has 0 atom stereocenters. The van der Waals surface area contributed by atoms with Crippen LogP contribution in [0.15, 0.2) is 146 Å². The molecule has 6 aromatic carbocycles. The topological polar surface area (TPSA) is 0 Å². The third kappa shape index (κ3) is 12.7. The van der Waals surface area contributed by atoms with Crippen molar-refractivity contribution in [2.24, 2.45) is 0 Å². The van der Waals surface area contributed by atoms with Gasteiger partial charge in [-0.2, -0.15) is 108 Å². The van der Waals surface area contributed by atoms with E-state index in [2.05, 4.69) is 97.1 Å². The summed E-state index contributed by atoms with van der Waals surface area (Å²) in [5.74, 6) is 0. The van der Waals surface area contributed by atoms with Crippen molar-refractivity contribution in [3.8, 4) is 0 Å². The summed E-state index contributed by atoms with van der Waals surface area (Å²) in [6.45, 7) is 0. The molecule has 0 aliphatic heterocycles. The molecule has 0 aromatic heterocycles. The summed E-state index contributed by atoms with van der Waals surface area (Å²) in [7, 11) is 0. The summed E-state index contributed by atoms with van der Waals surface area (Å²) in [5, 5.41) is 5.32. The molecule has 3 heteroatoms. The van der Waals surface area contributed by atoms with Crippen molar-refractivity contribution in [3.63, 3.8) is 0 Å². The van der Waals surface area contributed by atoms with Crippen LogP contribution in [-0.4, -0.2) is 0 Å². The van der Waals surface area contributed by atoms with Crippen molar-refractivity contribution < 1.29 is 25.8 Å². The van der Waals surface area contributed by atoms with Crippen LogP contribution in [0.25, 0.3) is 21.5 Å². The van der Waals surface area contributed by atoms with Gasteiger partial charge in [-0.15, -0.1) is 84.1 Å². The first-order valence-electron chi connectivity index (χ1n) is 9.96. The van der Waals surface area contributed by atoms with Crippen LogP contribution in [0.4, 0.5) is 0 Å². The molecule has 0 radical (unpaired) electrons. The zero-order chi connectivity index (χ0) is 20.7. The minimum absolute atomic E-state index is 0. The summed E-state index contributed by atoms with van der Waals surface area (Å²) >= 11 is 0. The van der Waals surface area contributed by atoms with E-state index in [1.54, 1.807) is 0 Å². The van der Waals surface area contributed by atoms with E-state index < -0.39 is 0 Å². The summed E-state index contributed by atoms with van der Waals surface area (Å²) in [5.41, 5.74) is 0. The average Bonchev–Trinajstić information content (AvgIpc) is 3.52. The molecule has 0 saturated heterocycles. The molecule has 0 nitrogen and oxygen atoms in total. The standard InChI is InChI=1S/2C9H7.2C6H5.CH3.2ClH.Hf/c2*1-2-5-9-7-3-6-8(9)4-1;2*1-2-4-6-5-3-1;;;;/h2*1-7H;2*1-5H;1H3;2*1H;/q5*-1;;;. The van der Waals surface area contributed by atoms with Gasteiger partial charge in [-0.05, 0) is 0 Å². The molecule has 34 heavy (non-hydrogen) atoms. The Balaban J connectivity index is 0. The molecular formula is C31H29Cl2Hf-5. The maximum absolute atomic E-state index is 2.89. The van der Waals surface area contributed by atoms with Gasteiger partial charge in [0, 0.05) is 25.8 Å². The van der Waals surface area contributed by atoms with Gasteiger partial charge >= 0.3 is 0 Å². The minimum Gasteiger partial charge on any atom is -0.358 e. The Morgan fingerprint density at radius 3 is 1.06 bits per heavy atom. The van der Waals surface area contributed by atoms with E-state index in [1.807, 2.05) is 60.7 Å². The predicted octanol–water partition coefficient (Wildman–Crippen LogP) is 9.38. The molecule has 6 rings (SSSR count). The first-order valence-corrected chi connectivity index (χ1v) is 9.96. The van der Waals surface area contributed by atoms with Crippen molar-refractivity contribution in [2.45, 2.75) is 0 Å². The van der Waals surface area contributed by atoms with E-state index in [0.29, 0.717) is 0 Å². The number of hydrogen-bond donors (Lipinski definition) is 0. The van der Waals surface area contributed by atoms with E-state index in [0.717, 1.165) is 0 Å². The molecule has 0 spiro atoms. The molecule has 0 amide bonds. The Morgan fingerprint density at radius 2 is 0.794 bits per heavy atom. The second-order valence-corrected chi connectivity index (χ2v) is 6.46. The molecule has 0 unspecified atom stereocenters. The van der Waals surface area contributed by atoms with Crippen molar-refractivity contribution in [3.05, 3.63) is 165 Å². The van der Waals surface area contributed by atoms with Gasteiger partial charge in [0.1, 0.15) is 0 Å². The molecule has 6 aromatic rings. The van der Waals surface area contributed by atoms with Gasteiger partial charge < -0.3 is 7.43 Å². The first kappa shape index (κ1) is 33.7. The SMILES string of the molecule is Cl.Cl.[CH3-].[Hf].[c-]1ccccc1.[c-]1ccccc1.c1ccc2[cH-]ccc2c1.c1ccc2[cH-]ccc2c1. The number of fused-ring (bicyclic) bond motifs is 2. The number of hydrogen-bond acceptors (Lipinski definition) is 0. The third-order valence-electron chi connectivity index (χ3n) is 4.31. The van der Waals surface area contributed by atoms with E-state index in [1.165, 1.54) is 21.5 Å². The largest absolute Gasteiger partial charge is 0.358 e. The van der Waals surface area contributed by atoms with E-state index in [9.17, 15) is 0 Å². The number of rotatable bonds is 0. The quantitative estimate of drug-likeness (QED) is 0.114. The molecule has 0 fully saturated rings. The van der Waals surface area contributed by atoms with Crippen molar-refractivity contribution in [1.82, 2.24) is 0 Å². The number of halogens is 2. The second-order valence-electron chi connectivity index (χ2n) is 6.46. The Morgan fingerprint density at radius 1 is 0.441 bits per heavy atom. The summed E-state index contributed by atoms with van der Waals surface area (Å²) < 4.78 is 0. The molecule has 176 valence electrons. The minimum atomic E-state index is 0. The van der Waals surface area contributed by atoms with Gasteiger partial charge in [-0.3, -0.25) is 0 Å². The molecule has 0 heterocycles. The van der Waals surface area contributed by atoms with E-state index in [4.69, 9.17) is 0 Å². The van der Waals surface area contributed by atoms with Crippen molar-refractivity contribution >= 4 is 46.4 Å². The normalized spacial score (nSPS) is 8.24. The van der Waals surface area contributed by atoms with Crippen LogP contribution in [0.5, 0.6) is 0 Å². The van der Waals surface area contributed by atoms with Crippen LogP contribution < -0.4 is 0 Å². The van der Waals surface area contributed by atoms with E-state index >= 15 is 0 Å². The number of benzene rings is 4. The first-order chi connectivity index (χ1) is 14.9. The molecule has 0 saturated carbocycles. The van der Waals surface area contributed by atoms with Gasteiger partial charge in [0.2, 0.25) is 0 Å². The fraction of sp³-hybridized carbons (Fsp3) is 0. The van der Waals surface area contributed by atoms with Crippen molar-refractivity contribution in [1.29, 1.82) is 0 Å². The molecule has 0 aliphatic rings. The fourth-order valence-electron chi connectivity index (χ4n) is 2.82. The Bertz CT molecular complexity index is 984. The zero-order valence-electron chi connectivity index (χ0n) is 19.2. The van der Waals surface area contributed by atoms with Gasteiger partial charge in [-0.25, -0.2) is 0 Å². The molecule has 0 bridgehead atoms. The summed E-state index contributed by atoms with van der Waals surface area (Å²) in [6.07, 6.45) is 0. The average molecular weight is 651 g/mol. The van der Waals surface area contributed by atoms with Crippen LogP contribution in [0.2, 0.25) is 0 Å². The van der Waals surface area contributed by atoms with Gasteiger partial charge in [0.05, 0.1) is 0 Å². The monoisotopic (exact) mass is 651 g/mol. The maximum atomic E-state index is 2.89. The Kier molecular flexibility index (Phi) is 20.9. The van der Waals surface area contributed by atoms with Crippen LogP contribution in [0.1, 0.15) is 0 Å². The van der Waals surface area contributed by atoms with Gasteiger partial charge in [0.25, 0.3) is 0 Å². The third-order valence-corrected chi connectivity index (χ3v) is 4.31. The van der Waals surface area contributed by atoms with Crippen LogP contribution >= 0.6 is 24.8 Å². The van der Waals surface area contributed by atoms with Crippen LogP contribution in [0.3, 0.4) is 0 Å².